The van der Waals surface area contributed by atoms with Crippen molar-refractivity contribution in [3.05, 3.63) is 57.7 Å². The SMILES string of the molecule is CCOC(=O)C[C@H](N[S+]([O-])C(C)(C)C)c1c(F)c(-c2c(C)cc(C(F)(F)F)cc2C)cc(C(F)(F)F)c1F. The molecule has 0 aliphatic rings. The van der Waals surface area contributed by atoms with Gasteiger partial charge in [0, 0.05) is 22.5 Å². The van der Waals surface area contributed by atoms with Crippen molar-refractivity contribution in [2.24, 2.45) is 0 Å². The minimum Gasteiger partial charge on any atom is -0.598 e. The molecule has 0 aliphatic heterocycles. The van der Waals surface area contributed by atoms with Crippen molar-refractivity contribution in [3.63, 3.8) is 0 Å². The maximum absolute atomic E-state index is 16.0. The summed E-state index contributed by atoms with van der Waals surface area (Å²) < 4.78 is 132. The van der Waals surface area contributed by atoms with E-state index in [0.29, 0.717) is 12.1 Å². The number of aryl methyl sites for hydroxylation is 2. The van der Waals surface area contributed by atoms with E-state index in [9.17, 15) is 35.7 Å². The Kier molecular flexibility index (Phi) is 9.54. The normalized spacial score (nSPS) is 14.4. The topological polar surface area (TPSA) is 61.4 Å². The minimum atomic E-state index is -5.34. The maximum atomic E-state index is 16.0. The van der Waals surface area contributed by atoms with Crippen LogP contribution < -0.4 is 4.72 Å². The number of alkyl halides is 6. The first-order valence-corrected chi connectivity index (χ1v) is 12.5. The molecule has 4 nitrogen and oxygen atoms in total. The number of benzene rings is 2. The Morgan fingerprint density at radius 2 is 1.50 bits per heavy atom. The van der Waals surface area contributed by atoms with Crippen molar-refractivity contribution in [2.75, 3.05) is 6.61 Å². The van der Waals surface area contributed by atoms with Gasteiger partial charge in [-0.05, 0) is 76.4 Å². The Bertz CT molecular complexity index is 1170. The zero-order valence-electron chi connectivity index (χ0n) is 21.4. The molecule has 212 valence electrons. The van der Waals surface area contributed by atoms with Crippen LogP contribution in [0.3, 0.4) is 0 Å². The van der Waals surface area contributed by atoms with E-state index >= 15 is 8.78 Å². The summed E-state index contributed by atoms with van der Waals surface area (Å²) in [6.45, 7) is 8.04. The van der Waals surface area contributed by atoms with Crippen LogP contribution in [-0.2, 0) is 33.2 Å². The summed E-state index contributed by atoms with van der Waals surface area (Å²) in [7, 11) is 0. The van der Waals surface area contributed by atoms with Crippen molar-refractivity contribution >= 4 is 17.3 Å². The standard InChI is InChI=1S/C25H27F8NO3S/c1-7-37-18(35)11-17(34-38(36)23(4,5)6)20-21(26)15(10-16(22(20)27)25(31,32)33)19-12(2)8-14(9-13(19)3)24(28,29)30/h8-10,17,34H,7,11H2,1-6H3/t17-,38?/m0/s1. The smallest absolute Gasteiger partial charge is 0.419 e. The molecule has 38 heavy (non-hydrogen) atoms. The average Bonchev–Trinajstić information content (AvgIpc) is 2.72. The van der Waals surface area contributed by atoms with Crippen LogP contribution in [0.4, 0.5) is 35.1 Å². The fourth-order valence-corrected chi connectivity index (χ4v) is 4.61. The molecule has 1 N–H and O–H groups in total. The molecule has 0 fully saturated rings. The number of carbonyl (C=O) groups excluding carboxylic acids is 1. The number of carbonyl (C=O) groups is 1. The predicted molar refractivity (Wildman–Crippen MR) is 126 cm³/mol. The summed E-state index contributed by atoms with van der Waals surface area (Å²) in [4.78, 5) is 12.2. The van der Waals surface area contributed by atoms with Gasteiger partial charge in [-0.25, -0.2) is 8.78 Å². The van der Waals surface area contributed by atoms with E-state index in [1.54, 1.807) is 0 Å². The van der Waals surface area contributed by atoms with Crippen molar-refractivity contribution in [1.29, 1.82) is 0 Å². The molecule has 0 amide bonds. The summed E-state index contributed by atoms with van der Waals surface area (Å²) >= 11 is -2.10. The molecule has 13 heteroatoms. The van der Waals surface area contributed by atoms with Gasteiger partial charge >= 0.3 is 18.3 Å². The van der Waals surface area contributed by atoms with E-state index in [4.69, 9.17) is 4.74 Å². The highest BCUT2D eigenvalue weighted by molar-refractivity contribution is 7.90. The highest BCUT2D eigenvalue weighted by Gasteiger charge is 2.42. The molecule has 2 rings (SSSR count). The van der Waals surface area contributed by atoms with E-state index in [1.807, 2.05) is 0 Å². The number of esters is 1. The van der Waals surface area contributed by atoms with Gasteiger partial charge in [0.15, 0.2) is 0 Å². The number of hydrogen-bond donors (Lipinski definition) is 1. The van der Waals surface area contributed by atoms with Gasteiger partial charge in [-0.3, -0.25) is 4.79 Å². The highest BCUT2D eigenvalue weighted by Crippen LogP contribution is 2.43. The molecule has 2 aromatic rings. The summed E-state index contributed by atoms with van der Waals surface area (Å²) in [5.74, 6) is -4.63. The van der Waals surface area contributed by atoms with Gasteiger partial charge in [-0.1, -0.05) is 0 Å². The van der Waals surface area contributed by atoms with Crippen LogP contribution in [-0.4, -0.2) is 21.9 Å². The van der Waals surface area contributed by atoms with Gasteiger partial charge < -0.3 is 9.29 Å². The molecule has 0 heterocycles. The van der Waals surface area contributed by atoms with E-state index in [1.165, 1.54) is 27.7 Å². The monoisotopic (exact) mass is 573 g/mol. The molecule has 0 aliphatic carbocycles. The number of ether oxygens (including phenoxy) is 1. The summed E-state index contributed by atoms with van der Waals surface area (Å²) in [6.07, 6.45) is -11.0. The quantitative estimate of drug-likeness (QED) is 0.214. The molecule has 0 aromatic heterocycles. The molecule has 0 spiro atoms. The highest BCUT2D eigenvalue weighted by atomic mass is 32.2. The molecule has 0 radical (unpaired) electrons. The second-order valence-corrected chi connectivity index (χ2v) is 11.6. The van der Waals surface area contributed by atoms with Crippen LogP contribution in [0.1, 0.15) is 68.0 Å². The predicted octanol–water partition coefficient (Wildman–Crippen LogP) is 7.33. The van der Waals surface area contributed by atoms with E-state index in [2.05, 4.69) is 4.72 Å². The fourth-order valence-electron chi connectivity index (χ4n) is 3.80. The van der Waals surface area contributed by atoms with Crippen LogP contribution in [0.5, 0.6) is 0 Å². The number of rotatable bonds is 7. The molecule has 0 saturated heterocycles. The Morgan fingerprint density at radius 1 is 0.974 bits per heavy atom. The molecular weight excluding hydrogens is 546 g/mol. The third-order valence-corrected chi connectivity index (χ3v) is 7.11. The lowest BCUT2D eigenvalue weighted by Crippen LogP contribution is -2.42. The molecule has 1 unspecified atom stereocenters. The zero-order chi connectivity index (χ0) is 29.4. The number of halogens is 8. The minimum absolute atomic E-state index is 0.142. The Balaban J connectivity index is 2.93. The van der Waals surface area contributed by atoms with Gasteiger partial charge in [-0.2, -0.15) is 26.3 Å². The Hall–Kier alpha value is -2.38. The van der Waals surface area contributed by atoms with Gasteiger partial charge in [-0.15, -0.1) is 4.72 Å². The Labute approximate surface area is 218 Å². The van der Waals surface area contributed by atoms with Crippen molar-refractivity contribution in [2.45, 2.75) is 71.1 Å². The lowest BCUT2D eigenvalue weighted by atomic mass is 9.88. The van der Waals surface area contributed by atoms with E-state index < -0.39 is 80.8 Å². The molecular formula is C25H27F8NO3S. The first-order chi connectivity index (χ1) is 17.2. The third kappa shape index (κ3) is 7.17. The number of nitrogens with one attached hydrogen (secondary N) is 1. The Morgan fingerprint density at radius 3 is 1.92 bits per heavy atom. The van der Waals surface area contributed by atoms with Crippen molar-refractivity contribution in [1.82, 2.24) is 4.72 Å². The van der Waals surface area contributed by atoms with Crippen LogP contribution >= 0.6 is 0 Å². The number of hydrogen-bond acceptors (Lipinski definition) is 4. The van der Waals surface area contributed by atoms with Gasteiger partial charge in [0.25, 0.3) is 0 Å². The van der Waals surface area contributed by atoms with Crippen molar-refractivity contribution < 1.29 is 49.2 Å². The van der Waals surface area contributed by atoms with Gasteiger partial charge in [0.2, 0.25) is 0 Å². The second-order valence-electron chi connectivity index (χ2n) is 9.55. The largest absolute Gasteiger partial charge is 0.598 e. The van der Waals surface area contributed by atoms with E-state index in [-0.39, 0.29) is 29.4 Å². The summed E-state index contributed by atoms with van der Waals surface area (Å²) in [5, 5.41) is 0. The first kappa shape index (κ1) is 31.8. The van der Waals surface area contributed by atoms with Crippen LogP contribution in [0, 0.1) is 25.5 Å². The van der Waals surface area contributed by atoms with Crippen LogP contribution in [0.25, 0.3) is 11.1 Å². The second kappa shape index (κ2) is 11.4. The van der Waals surface area contributed by atoms with Crippen LogP contribution in [0.15, 0.2) is 18.2 Å². The molecule has 2 atom stereocenters. The maximum Gasteiger partial charge on any atom is 0.419 e. The fraction of sp³-hybridized carbons (Fsp3) is 0.480. The first-order valence-electron chi connectivity index (χ1n) is 11.3. The molecule has 2 aromatic carbocycles. The average molecular weight is 574 g/mol. The summed E-state index contributed by atoms with van der Waals surface area (Å²) in [6, 6.07) is -0.411. The van der Waals surface area contributed by atoms with Gasteiger partial charge in [0.05, 0.1) is 30.2 Å². The lowest BCUT2D eigenvalue weighted by molar-refractivity contribution is -0.143. The van der Waals surface area contributed by atoms with Gasteiger partial charge in [0.1, 0.15) is 16.4 Å². The zero-order valence-corrected chi connectivity index (χ0v) is 22.2. The third-order valence-electron chi connectivity index (χ3n) is 5.50. The molecule has 0 bridgehead atoms. The lowest BCUT2D eigenvalue weighted by Gasteiger charge is -2.29. The summed E-state index contributed by atoms with van der Waals surface area (Å²) in [5.41, 5.74) is -5.80. The van der Waals surface area contributed by atoms with E-state index in [0.717, 1.165) is 13.8 Å². The van der Waals surface area contributed by atoms with Crippen LogP contribution in [0.2, 0.25) is 0 Å². The van der Waals surface area contributed by atoms with Crippen molar-refractivity contribution in [3.8, 4) is 11.1 Å². The molecule has 0 saturated carbocycles.